The van der Waals surface area contributed by atoms with Crippen LogP contribution in [0, 0.1) is 6.92 Å². The van der Waals surface area contributed by atoms with Gasteiger partial charge in [-0.1, -0.05) is 42.5 Å². The molecule has 0 radical (unpaired) electrons. The van der Waals surface area contributed by atoms with Crippen molar-refractivity contribution in [1.82, 2.24) is 9.78 Å². The second-order valence-electron chi connectivity index (χ2n) is 7.35. The normalized spacial score (nSPS) is 13.7. The van der Waals surface area contributed by atoms with E-state index in [0.717, 1.165) is 35.5 Å². The number of benzene rings is 2. The Morgan fingerprint density at radius 3 is 2.52 bits per heavy atom. The fraction of sp³-hybridized carbons (Fsp3) is 0.261. The van der Waals surface area contributed by atoms with E-state index in [0.29, 0.717) is 18.8 Å². The van der Waals surface area contributed by atoms with E-state index >= 15 is 0 Å². The zero-order valence-corrected chi connectivity index (χ0v) is 16.5. The summed E-state index contributed by atoms with van der Waals surface area (Å²) in [6.45, 7) is 3.28. The van der Waals surface area contributed by atoms with Crippen LogP contribution < -0.4 is 10.2 Å². The van der Waals surface area contributed by atoms with Gasteiger partial charge in [0, 0.05) is 24.7 Å². The van der Waals surface area contributed by atoms with Gasteiger partial charge in [-0.3, -0.25) is 9.59 Å². The van der Waals surface area contributed by atoms with Gasteiger partial charge in [0.25, 0.3) is 0 Å². The lowest BCUT2D eigenvalue weighted by Gasteiger charge is -2.16. The molecule has 6 heteroatoms. The molecule has 4 rings (SSSR count). The number of nitrogens with zero attached hydrogens (tertiary/aromatic N) is 3. The van der Waals surface area contributed by atoms with Gasteiger partial charge in [-0.25, -0.2) is 4.68 Å². The van der Waals surface area contributed by atoms with E-state index in [9.17, 15) is 9.59 Å². The minimum atomic E-state index is -0.0933. The molecule has 148 valence electrons. The maximum absolute atomic E-state index is 12.6. The van der Waals surface area contributed by atoms with Crippen molar-refractivity contribution in [3.63, 3.8) is 0 Å². The number of hydrogen-bond acceptors (Lipinski definition) is 3. The second kappa shape index (κ2) is 8.31. The molecule has 2 heterocycles. The topological polar surface area (TPSA) is 67.2 Å². The molecular formula is C23H24N4O2. The summed E-state index contributed by atoms with van der Waals surface area (Å²) in [6.07, 6.45) is 1.78. The molecule has 29 heavy (non-hydrogen) atoms. The van der Waals surface area contributed by atoms with Gasteiger partial charge in [-0.05, 0) is 36.6 Å². The SMILES string of the molecule is Cc1cc(NC(=O)Cc2ccc(N3CCCC3=O)cc2)n(Cc2ccccc2)n1. The quantitative estimate of drug-likeness (QED) is 0.702. The van der Waals surface area contributed by atoms with Gasteiger partial charge in [0.1, 0.15) is 5.82 Å². The second-order valence-corrected chi connectivity index (χ2v) is 7.35. The van der Waals surface area contributed by atoms with Gasteiger partial charge in [-0.2, -0.15) is 5.10 Å². The van der Waals surface area contributed by atoms with Crippen molar-refractivity contribution < 1.29 is 9.59 Å². The Labute approximate surface area is 170 Å². The van der Waals surface area contributed by atoms with Gasteiger partial charge in [0.05, 0.1) is 18.7 Å². The number of nitrogens with one attached hydrogen (secondary N) is 1. The molecule has 0 bridgehead atoms. The van der Waals surface area contributed by atoms with Gasteiger partial charge >= 0.3 is 0 Å². The first kappa shape index (κ1) is 18.9. The first-order chi connectivity index (χ1) is 14.1. The van der Waals surface area contributed by atoms with E-state index in [1.807, 2.05) is 72.3 Å². The van der Waals surface area contributed by atoms with Gasteiger partial charge < -0.3 is 10.2 Å². The summed E-state index contributed by atoms with van der Waals surface area (Å²) >= 11 is 0. The molecule has 0 aliphatic carbocycles. The number of aromatic nitrogens is 2. The number of aryl methyl sites for hydroxylation is 1. The maximum atomic E-state index is 12.6. The molecule has 3 aromatic rings. The number of rotatable bonds is 6. The molecule has 0 atom stereocenters. The summed E-state index contributed by atoms with van der Waals surface area (Å²) in [5, 5.41) is 7.47. The van der Waals surface area contributed by atoms with Gasteiger partial charge in [0.2, 0.25) is 11.8 Å². The van der Waals surface area contributed by atoms with Crippen LogP contribution in [0.2, 0.25) is 0 Å². The minimum Gasteiger partial charge on any atom is -0.312 e. The van der Waals surface area contributed by atoms with Crippen molar-refractivity contribution in [2.45, 2.75) is 32.7 Å². The molecule has 1 aromatic heterocycles. The fourth-order valence-corrected chi connectivity index (χ4v) is 3.61. The number of anilines is 2. The molecule has 0 saturated carbocycles. The third kappa shape index (κ3) is 4.54. The molecule has 0 unspecified atom stereocenters. The Morgan fingerprint density at radius 1 is 1.07 bits per heavy atom. The highest BCUT2D eigenvalue weighted by Crippen LogP contribution is 2.22. The number of carbonyl (C=O) groups is 2. The highest BCUT2D eigenvalue weighted by Gasteiger charge is 2.21. The van der Waals surface area contributed by atoms with Crippen molar-refractivity contribution in [3.8, 4) is 0 Å². The molecule has 1 fully saturated rings. The van der Waals surface area contributed by atoms with Crippen LogP contribution in [-0.4, -0.2) is 28.1 Å². The van der Waals surface area contributed by atoms with Crippen molar-refractivity contribution in [3.05, 3.63) is 77.5 Å². The molecule has 6 nitrogen and oxygen atoms in total. The van der Waals surface area contributed by atoms with Gasteiger partial charge in [-0.15, -0.1) is 0 Å². The number of carbonyl (C=O) groups excluding carboxylic acids is 2. The van der Waals surface area contributed by atoms with Crippen LogP contribution in [-0.2, 0) is 22.6 Å². The first-order valence-corrected chi connectivity index (χ1v) is 9.86. The van der Waals surface area contributed by atoms with Crippen LogP contribution in [0.1, 0.15) is 29.7 Å². The van der Waals surface area contributed by atoms with E-state index in [4.69, 9.17) is 0 Å². The zero-order chi connectivity index (χ0) is 20.2. The fourth-order valence-electron chi connectivity index (χ4n) is 3.61. The number of amides is 2. The van der Waals surface area contributed by atoms with Gasteiger partial charge in [0.15, 0.2) is 0 Å². The molecule has 1 N–H and O–H groups in total. The Morgan fingerprint density at radius 2 is 1.83 bits per heavy atom. The van der Waals surface area contributed by atoms with E-state index < -0.39 is 0 Å². The summed E-state index contributed by atoms with van der Waals surface area (Å²) in [5.41, 5.74) is 3.78. The first-order valence-electron chi connectivity index (χ1n) is 9.86. The van der Waals surface area contributed by atoms with Crippen LogP contribution >= 0.6 is 0 Å². The van der Waals surface area contributed by atoms with E-state index in [-0.39, 0.29) is 18.2 Å². The van der Waals surface area contributed by atoms with Crippen LogP contribution in [0.15, 0.2) is 60.7 Å². The zero-order valence-electron chi connectivity index (χ0n) is 16.5. The lowest BCUT2D eigenvalue weighted by molar-refractivity contribution is -0.117. The predicted molar refractivity (Wildman–Crippen MR) is 113 cm³/mol. The number of hydrogen-bond donors (Lipinski definition) is 1. The van der Waals surface area contributed by atoms with Crippen molar-refractivity contribution >= 4 is 23.3 Å². The molecule has 2 aromatic carbocycles. The van der Waals surface area contributed by atoms with Crippen LogP contribution in [0.3, 0.4) is 0 Å². The smallest absolute Gasteiger partial charge is 0.229 e. The lowest BCUT2D eigenvalue weighted by Crippen LogP contribution is -2.23. The predicted octanol–water partition coefficient (Wildman–Crippen LogP) is 3.55. The highest BCUT2D eigenvalue weighted by molar-refractivity contribution is 5.95. The molecular weight excluding hydrogens is 364 g/mol. The highest BCUT2D eigenvalue weighted by atomic mass is 16.2. The summed E-state index contributed by atoms with van der Waals surface area (Å²) in [4.78, 5) is 26.2. The maximum Gasteiger partial charge on any atom is 0.229 e. The summed E-state index contributed by atoms with van der Waals surface area (Å²) in [5.74, 6) is 0.761. The Bertz CT molecular complexity index is 1010. The molecule has 1 aliphatic heterocycles. The Kier molecular flexibility index (Phi) is 5.42. The Balaban J connectivity index is 1.40. The third-order valence-electron chi connectivity index (χ3n) is 5.03. The lowest BCUT2D eigenvalue weighted by atomic mass is 10.1. The minimum absolute atomic E-state index is 0.0933. The average molecular weight is 388 g/mol. The summed E-state index contributed by atoms with van der Waals surface area (Å²) in [6, 6.07) is 19.6. The average Bonchev–Trinajstić information content (AvgIpc) is 3.28. The largest absolute Gasteiger partial charge is 0.312 e. The molecule has 1 saturated heterocycles. The van der Waals surface area contributed by atoms with E-state index in [2.05, 4.69) is 10.4 Å². The molecule has 2 amide bonds. The third-order valence-corrected chi connectivity index (χ3v) is 5.03. The molecule has 0 spiro atoms. The summed E-state index contributed by atoms with van der Waals surface area (Å²) < 4.78 is 1.81. The summed E-state index contributed by atoms with van der Waals surface area (Å²) in [7, 11) is 0. The molecule has 1 aliphatic rings. The van der Waals surface area contributed by atoms with E-state index in [1.165, 1.54) is 0 Å². The van der Waals surface area contributed by atoms with Crippen LogP contribution in [0.4, 0.5) is 11.5 Å². The Hall–Kier alpha value is -3.41. The standard InChI is InChI=1S/C23H24N4O2/c1-17-14-21(27(25-17)16-19-6-3-2-4-7-19)24-22(28)15-18-9-11-20(12-10-18)26-13-5-8-23(26)29/h2-4,6-7,9-12,14H,5,8,13,15-16H2,1H3,(H,24,28). The van der Waals surface area contributed by atoms with Crippen molar-refractivity contribution in [1.29, 1.82) is 0 Å². The van der Waals surface area contributed by atoms with Crippen molar-refractivity contribution in [2.24, 2.45) is 0 Å². The van der Waals surface area contributed by atoms with Crippen LogP contribution in [0.5, 0.6) is 0 Å². The van der Waals surface area contributed by atoms with Crippen LogP contribution in [0.25, 0.3) is 0 Å². The van der Waals surface area contributed by atoms with E-state index in [1.54, 1.807) is 4.90 Å². The monoisotopic (exact) mass is 388 g/mol. The van der Waals surface area contributed by atoms with Crippen molar-refractivity contribution in [2.75, 3.05) is 16.8 Å².